The second kappa shape index (κ2) is 8.41. The minimum absolute atomic E-state index is 0.215. The minimum Gasteiger partial charge on any atom is -0.321 e. The van der Waals surface area contributed by atoms with Gasteiger partial charge in [-0.3, -0.25) is 0 Å². The van der Waals surface area contributed by atoms with Gasteiger partial charge in [0.05, 0.1) is 0 Å². The molecule has 0 amide bonds. The SMILES string of the molecule is CCC1CC2C(c3ccc(C(C)(C)C)cc3)=CC=CC2C1[Si](C)(C)N1CCNCC1. The molecule has 0 spiro atoms. The maximum atomic E-state index is 3.56. The van der Waals surface area contributed by atoms with Crippen molar-refractivity contribution < 1.29 is 0 Å². The lowest BCUT2D eigenvalue weighted by Gasteiger charge is -2.47. The van der Waals surface area contributed by atoms with Gasteiger partial charge < -0.3 is 9.88 Å². The van der Waals surface area contributed by atoms with E-state index in [1.165, 1.54) is 37.1 Å². The molecule has 30 heavy (non-hydrogen) atoms. The fourth-order valence-electron chi connectivity index (χ4n) is 6.59. The average Bonchev–Trinajstić information content (AvgIpc) is 3.13. The van der Waals surface area contributed by atoms with E-state index in [4.69, 9.17) is 0 Å². The standard InChI is InChI=1S/C27H42N2Si/c1-7-20-19-25-23(21-11-13-22(14-12-21)27(2,3)4)9-8-10-24(25)26(20)30(5,6)29-17-15-28-16-18-29/h8-14,20,24-26,28H,7,15-19H2,1-6H3. The first-order valence-electron chi connectivity index (χ1n) is 12.2. The first kappa shape index (κ1) is 22.0. The summed E-state index contributed by atoms with van der Waals surface area (Å²) in [5.41, 5.74) is 5.54. The maximum absolute atomic E-state index is 3.56. The Hall–Kier alpha value is -1.16. The smallest absolute Gasteiger partial charge is 0.126 e. The molecule has 164 valence electrons. The zero-order valence-corrected chi connectivity index (χ0v) is 21.0. The molecule has 4 atom stereocenters. The van der Waals surface area contributed by atoms with Crippen LogP contribution < -0.4 is 5.32 Å². The Kier molecular flexibility index (Phi) is 6.18. The monoisotopic (exact) mass is 422 g/mol. The van der Waals surface area contributed by atoms with Gasteiger partial charge in [0.15, 0.2) is 0 Å². The van der Waals surface area contributed by atoms with Crippen molar-refractivity contribution >= 4 is 13.8 Å². The molecule has 1 aromatic rings. The van der Waals surface area contributed by atoms with Crippen LogP contribution in [0, 0.1) is 17.8 Å². The highest BCUT2D eigenvalue weighted by molar-refractivity contribution is 6.76. The maximum Gasteiger partial charge on any atom is 0.126 e. The quantitative estimate of drug-likeness (QED) is 0.592. The predicted molar refractivity (Wildman–Crippen MR) is 133 cm³/mol. The van der Waals surface area contributed by atoms with Crippen LogP contribution in [0.5, 0.6) is 0 Å². The third-order valence-electron chi connectivity index (χ3n) is 8.31. The summed E-state index contributed by atoms with van der Waals surface area (Å²) < 4.78 is 2.91. The van der Waals surface area contributed by atoms with E-state index < -0.39 is 8.24 Å². The van der Waals surface area contributed by atoms with Crippen LogP contribution in [0.25, 0.3) is 5.57 Å². The van der Waals surface area contributed by atoms with Crippen molar-refractivity contribution in [1.82, 2.24) is 9.88 Å². The van der Waals surface area contributed by atoms with Crippen LogP contribution in [0.2, 0.25) is 18.6 Å². The van der Waals surface area contributed by atoms with Crippen LogP contribution in [0.1, 0.15) is 51.7 Å². The normalized spacial score (nSPS) is 30.3. The summed E-state index contributed by atoms with van der Waals surface area (Å²) >= 11 is 0. The zero-order valence-electron chi connectivity index (χ0n) is 20.0. The van der Waals surface area contributed by atoms with Gasteiger partial charge in [0.2, 0.25) is 0 Å². The number of fused-ring (bicyclic) bond motifs is 1. The van der Waals surface area contributed by atoms with Crippen LogP contribution in [0.3, 0.4) is 0 Å². The number of benzene rings is 1. The molecule has 2 fully saturated rings. The molecule has 1 aliphatic heterocycles. The number of nitrogens with zero attached hydrogens (tertiary/aromatic N) is 1. The summed E-state index contributed by atoms with van der Waals surface area (Å²) in [4.78, 5) is 0. The van der Waals surface area contributed by atoms with Crippen LogP contribution in [0.4, 0.5) is 0 Å². The molecule has 1 heterocycles. The van der Waals surface area contributed by atoms with Crippen molar-refractivity contribution in [3.63, 3.8) is 0 Å². The Bertz CT molecular complexity index is 793. The fourth-order valence-corrected chi connectivity index (χ4v) is 11.2. The van der Waals surface area contributed by atoms with Crippen molar-refractivity contribution in [2.45, 2.75) is 64.6 Å². The summed E-state index contributed by atoms with van der Waals surface area (Å²) in [6.45, 7) is 19.5. The first-order chi connectivity index (χ1) is 14.2. The molecule has 2 aliphatic carbocycles. The molecule has 4 rings (SSSR count). The van der Waals surface area contributed by atoms with Crippen molar-refractivity contribution in [2.24, 2.45) is 17.8 Å². The molecule has 3 aliphatic rings. The Morgan fingerprint density at radius 1 is 1.07 bits per heavy atom. The van der Waals surface area contributed by atoms with Gasteiger partial charge in [0, 0.05) is 26.2 Å². The van der Waals surface area contributed by atoms with E-state index in [0.717, 1.165) is 24.5 Å². The number of piperazine rings is 1. The molecule has 0 bridgehead atoms. The predicted octanol–water partition coefficient (Wildman–Crippen LogP) is 6.08. The highest BCUT2D eigenvalue weighted by atomic mass is 28.3. The van der Waals surface area contributed by atoms with Crippen molar-refractivity contribution in [3.05, 3.63) is 53.6 Å². The Morgan fingerprint density at radius 2 is 1.73 bits per heavy atom. The van der Waals surface area contributed by atoms with E-state index in [-0.39, 0.29) is 5.41 Å². The van der Waals surface area contributed by atoms with Gasteiger partial charge in [-0.2, -0.15) is 0 Å². The average molecular weight is 423 g/mol. The Morgan fingerprint density at radius 3 is 2.33 bits per heavy atom. The molecule has 1 saturated carbocycles. The van der Waals surface area contributed by atoms with Gasteiger partial charge in [-0.15, -0.1) is 0 Å². The van der Waals surface area contributed by atoms with Crippen LogP contribution in [-0.2, 0) is 5.41 Å². The molecule has 3 heteroatoms. The summed E-state index contributed by atoms with van der Waals surface area (Å²) in [5.74, 6) is 2.27. The van der Waals surface area contributed by atoms with Crippen LogP contribution in [-0.4, -0.2) is 39.0 Å². The summed E-state index contributed by atoms with van der Waals surface area (Å²) in [7, 11) is -1.51. The lowest BCUT2D eigenvalue weighted by atomic mass is 9.80. The largest absolute Gasteiger partial charge is 0.321 e. The topological polar surface area (TPSA) is 15.3 Å². The molecule has 1 N–H and O–H groups in total. The van der Waals surface area contributed by atoms with E-state index in [0.29, 0.717) is 11.8 Å². The van der Waals surface area contributed by atoms with E-state index >= 15 is 0 Å². The van der Waals surface area contributed by atoms with E-state index in [9.17, 15) is 0 Å². The zero-order chi connectivity index (χ0) is 21.5. The van der Waals surface area contributed by atoms with Crippen LogP contribution >= 0.6 is 0 Å². The highest BCUT2D eigenvalue weighted by Gasteiger charge is 2.52. The van der Waals surface area contributed by atoms with Gasteiger partial charge in [-0.05, 0) is 51.8 Å². The lowest BCUT2D eigenvalue weighted by Crippen LogP contribution is -2.60. The molecule has 0 radical (unpaired) electrons. The summed E-state index contributed by atoms with van der Waals surface area (Å²) in [6, 6.07) is 9.48. The Labute approximate surface area is 185 Å². The molecular formula is C27H42N2Si. The van der Waals surface area contributed by atoms with Gasteiger partial charge >= 0.3 is 0 Å². The molecular weight excluding hydrogens is 380 g/mol. The second-order valence-electron chi connectivity index (χ2n) is 11.3. The number of hydrogen-bond acceptors (Lipinski definition) is 2. The lowest BCUT2D eigenvalue weighted by molar-refractivity contribution is 0.337. The highest BCUT2D eigenvalue weighted by Crippen LogP contribution is 2.58. The molecule has 4 unspecified atom stereocenters. The number of allylic oxidation sites excluding steroid dienone is 4. The molecule has 1 aromatic carbocycles. The summed E-state index contributed by atoms with van der Waals surface area (Å²) in [5, 5.41) is 3.56. The molecule has 1 saturated heterocycles. The van der Waals surface area contributed by atoms with Gasteiger partial charge in [0.1, 0.15) is 8.24 Å². The number of nitrogens with one attached hydrogen (secondary N) is 1. The van der Waals surface area contributed by atoms with E-state index in [1.54, 1.807) is 5.57 Å². The first-order valence-corrected chi connectivity index (χ1v) is 15.2. The molecule has 0 aromatic heterocycles. The van der Waals surface area contributed by atoms with Crippen molar-refractivity contribution in [1.29, 1.82) is 0 Å². The van der Waals surface area contributed by atoms with Crippen molar-refractivity contribution in [2.75, 3.05) is 26.2 Å². The van der Waals surface area contributed by atoms with Gasteiger partial charge in [-0.25, -0.2) is 0 Å². The second-order valence-corrected chi connectivity index (χ2v) is 15.9. The molecule has 2 nitrogen and oxygen atoms in total. The third-order valence-corrected chi connectivity index (χ3v) is 12.9. The fraction of sp³-hybridized carbons (Fsp3) is 0.630. The summed E-state index contributed by atoms with van der Waals surface area (Å²) in [6.07, 6.45) is 10.1. The minimum atomic E-state index is -1.51. The number of hydrogen-bond donors (Lipinski definition) is 1. The van der Waals surface area contributed by atoms with Gasteiger partial charge in [0.25, 0.3) is 0 Å². The van der Waals surface area contributed by atoms with E-state index in [1.807, 2.05) is 0 Å². The number of rotatable bonds is 4. The Balaban J connectivity index is 1.62. The third kappa shape index (κ3) is 4.01. The van der Waals surface area contributed by atoms with Crippen LogP contribution in [0.15, 0.2) is 42.5 Å². The van der Waals surface area contributed by atoms with Gasteiger partial charge in [-0.1, -0.05) is 89.7 Å². The van der Waals surface area contributed by atoms with Crippen molar-refractivity contribution in [3.8, 4) is 0 Å². The van der Waals surface area contributed by atoms with E-state index in [2.05, 4.69) is 93.2 Å².